The van der Waals surface area contributed by atoms with Crippen molar-refractivity contribution >= 4 is 27.5 Å². The number of anilines is 1. The predicted octanol–water partition coefficient (Wildman–Crippen LogP) is 1.63. The Morgan fingerprint density at radius 3 is 2.56 bits per heavy atom. The molecule has 140 valence electrons. The maximum absolute atomic E-state index is 12.7. The van der Waals surface area contributed by atoms with Gasteiger partial charge in [0.25, 0.3) is 15.9 Å². The van der Waals surface area contributed by atoms with Crippen LogP contribution in [-0.2, 0) is 14.8 Å². The van der Waals surface area contributed by atoms with Crippen LogP contribution in [0, 0.1) is 0 Å². The lowest BCUT2D eigenvalue weighted by Crippen LogP contribution is -2.45. The zero-order valence-corrected chi connectivity index (χ0v) is 15.2. The highest BCUT2D eigenvalue weighted by Gasteiger charge is 2.45. The molecule has 2 aromatic rings. The van der Waals surface area contributed by atoms with E-state index in [0.717, 1.165) is 0 Å². The molecule has 0 aliphatic carbocycles. The Morgan fingerprint density at radius 1 is 1.11 bits per heavy atom. The molecule has 2 aliphatic rings. The summed E-state index contributed by atoms with van der Waals surface area (Å²) in [6.07, 6.45) is 0. The van der Waals surface area contributed by atoms with Gasteiger partial charge in [0.05, 0.1) is 5.56 Å². The summed E-state index contributed by atoms with van der Waals surface area (Å²) in [4.78, 5) is 25.1. The zero-order valence-electron chi connectivity index (χ0n) is 14.3. The van der Waals surface area contributed by atoms with Crippen LogP contribution >= 0.6 is 0 Å². The lowest BCUT2D eigenvalue weighted by Gasteiger charge is -2.23. The van der Waals surface area contributed by atoms with Gasteiger partial charge in [0.2, 0.25) is 5.91 Å². The fraction of sp³-hybridized carbons (Fsp3) is 0.222. The van der Waals surface area contributed by atoms with Crippen molar-refractivity contribution in [3.05, 3.63) is 48.0 Å². The fourth-order valence-electron chi connectivity index (χ4n) is 3.06. The number of carbonyl (C=O) groups excluding carboxylic acids is 2. The SMILES string of the molecule is C[C@@H](C(=O)Nc1ccc2c(c1)OCCO2)N1C(=O)c2ccccc2S1(=O)=O. The van der Waals surface area contributed by atoms with Gasteiger partial charge in [-0.25, -0.2) is 12.7 Å². The number of nitrogens with zero attached hydrogens (tertiary/aromatic N) is 1. The summed E-state index contributed by atoms with van der Waals surface area (Å²) in [6, 6.07) is 9.55. The third-order valence-electron chi connectivity index (χ3n) is 4.40. The summed E-state index contributed by atoms with van der Waals surface area (Å²) in [7, 11) is -4.07. The van der Waals surface area contributed by atoms with E-state index in [1.165, 1.54) is 25.1 Å². The summed E-state index contributed by atoms with van der Waals surface area (Å²) in [6.45, 7) is 2.22. The van der Waals surface area contributed by atoms with E-state index in [0.29, 0.717) is 34.7 Å². The fourth-order valence-corrected chi connectivity index (χ4v) is 4.78. The van der Waals surface area contributed by atoms with Crippen molar-refractivity contribution in [3.63, 3.8) is 0 Å². The van der Waals surface area contributed by atoms with E-state index >= 15 is 0 Å². The van der Waals surface area contributed by atoms with E-state index in [9.17, 15) is 18.0 Å². The first-order chi connectivity index (χ1) is 12.9. The number of rotatable bonds is 3. The molecule has 0 aromatic heterocycles. The number of amides is 2. The molecule has 0 fully saturated rings. The Labute approximate surface area is 155 Å². The highest BCUT2D eigenvalue weighted by Crippen LogP contribution is 2.34. The van der Waals surface area contributed by atoms with Crippen LogP contribution in [0.1, 0.15) is 17.3 Å². The van der Waals surface area contributed by atoms with Crippen LogP contribution in [0.2, 0.25) is 0 Å². The average molecular weight is 388 g/mol. The van der Waals surface area contributed by atoms with Gasteiger partial charge in [0.1, 0.15) is 24.2 Å². The second-order valence-electron chi connectivity index (χ2n) is 6.13. The molecule has 8 nitrogen and oxygen atoms in total. The first kappa shape index (κ1) is 17.3. The van der Waals surface area contributed by atoms with E-state index in [1.807, 2.05) is 0 Å². The molecule has 4 rings (SSSR count). The number of fused-ring (bicyclic) bond motifs is 2. The van der Waals surface area contributed by atoms with E-state index in [-0.39, 0.29) is 10.5 Å². The normalized spacial score (nSPS) is 18.0. The second-order valence-corrected chi connectivity index (χ2v) is 7.91. The zero-order chi connectivity index (χ0) is 19.2. The molecule has 1 atom stereocenters. The molecular weight excluding hydrogens is 372 g/mol. The Hall–Kier alpha value is -3.07. The van der Waals surface area contributed by atoms with Crippen LogP contribution < -0.4 is 14.8 Å². The molecule has 2 heterocycles. The molecule has 2 aromatic carbocycles. The van der Waals surface area contributed by atoms with E-state index < -0.39 is 27.9 Å². The number of hydrogen-bond donors (Lipinski definition) is 1. The second kappa shape index (κ2) is 6.27. The van der Waals surface area contributed by atoms with Gasteiger partial charge in [-0.2, -0.15) is 0 Å². The average Bonchev–Trinajstić information content (AvgIpc) is 2.87. The quantitative estimate of drug-likeness (QED) is 0.857. The predicted molar refractivity (Wildman–Crippen MR) is 95.3 cm³/mol. The van der Waals surface area contributed by atoms with Crippen molar-refractivity contribution in [2.24, 2.45) is 0 Å². The number of nitrogens with one attached hydrogen (secondary N) is 1. The minimum Gasteiger partial charge on any atom is -0.486 e. The Morgan fingerprint density at radius 2 is 1.81 bits per heavy atom. The van der Waals surface area contributed by atoms with Crippen LogP contribution in [0.4, 0.5) is 5.69 Å². The number of carbonyl (C=O) groups is 2. The molecule has 1 N–H and O–H groups in total. The molecule has 0 spiro atoms. The van der Waals surface area contributed by atoms with Gasteiger partial charge < -0.3 is 14.8 Å². The third kappa shape index (κ3) is 2.80. The summed E-state index contributed by atoms with van der Waals surface area (Å²) >= 11 is 0. The number of sulfonamides is 1. The van der Waals surface area contributed by atoms with Gasteiger partial charge >= 0.3 is 0 Å². The van der Waals surface area contributed by atoms with Crippen molar-refractivity contribution in [2.45, 2.75) is 17.9 Å². The van der Waals surface area contributed by atoms with Crippen LogP contribution in [0.3, 0.4) is 0 Å². The van der Waals surface area contributed by atoms with Gasteiger partial charge in [0.15, 0.2) is 11.5 Å². The standard InChI is InChI=1S/C18H16N2O6S/c1-11(20-18(22)13-4-2-3-5-16(13)27(20,23)24)17(21)19-12-6-7-14-15(10-12)26-9-8-25-14/h2-7,10-11H,8-9H2,1H3,(H,19,21)/t11-/m0/s1. The van der Waals surface area contributed by atoms with Crippen molar-refractivity contribution in [1.82, 2.24) is 4.31 Å². The van der Waals surface area contributed by atoms with Crippen LogP contribution in [0.25, 0.3) is 0 Å². The lowest BCUT2D eigenvalue weighted by atomic mass is 10.2. The minimum absolute atomic E-state index is 0.0662. The maximum atomic E-state index is 12.7. The number of benzene rings is 2. The van der Waals surface area contributed by atoms with Crippen LogP contribution in [-0.4, -0.2) is 43.8 Å². The Balaban J connectivity index is 1.57. The molecule has 0 radical (unpaired) electrons. The summed E-state index contributed by atoms with van der Waals surface area (Å²) in [5.41, 5.74) is 0.481. The maximum Gasteiger partial charge on any atom is 0.269 e. The van der Waals surface area contributed by atoms with Gasteiger partial charge in [-0.05, 0) is 31.2 Å². The van der Waals surface area contributed by atoms with Gasteiger partial charge in [-0.15, -0.1) is 0 Å². The Bertz CT molecular complexity index is 1050. The molecule has 9 heteroatoms. The summed E-state index contributed by atoms with van der Waals surface area (Å²) in [5.74, 6) is -0.282. The largest absolute Gasteiger partial charge is 0.486 e. The van der Waals surface area contributed by atoms with E-state index in [2.05, 4.69) is 5.32 Å². The molecule has 0 saturated heterocycles. The van der Waals surface area contributed by atoms with E-state index in [4.69, 9.17) is 9.47 Å². The van der Waals surface area contributed by atoms with Gasteiger partial charge in [0, 0.05) is 11.8 Å². The molecule has 0 saturated carbocycles. The van der Waals surface area contributed by atoms with Gasteiger partial charge in [-0.1, -0.05) is 12.1 Å². The molecule has 27 heavy (non-hydrogen) atoms. The first-order valence-electron chi connectivity index (χ1n) is 8.28. The van der Waals surface area contributed by atoms with Crippen molar-refractivity contribution < 1.29 is 27.5 Å². The monoisotopic (exact) mass is 388 g/mol. The minimum atomic E-state index is -4.07. The lowest BCUT2D eigenvalue weighted by molar-refractivity contribution is -0.118. The van der Waals surface area contributed by atoms with Crippen molar-refractivity contribution in [3.8, 4) is 11.5 Å². The highest BCUT2D eigenvalue weighted by atomic mass is 32.2. The molecular formula is C18H16N2O6S. The van der Waals surface area contributed by atoms with Gasteiger partial charge in [-0.3, -0.25) is 9.59 Å². The highest BCUT2D eigenvalue weighted by molar-refractivity contribution is 7.90. The smallest absolute Gasteiger partial charge is 0.269 e. The summed E-state index contributed by atoms with van der Waals surface area (Å²) in [5, 5.41) is 2.62. The van der Waals surface area contributed by atoms with Crippen molar-refractivity contribution in [2.75, 3.05) is 18.5 Å². The molecule has 2 aliphatic heterocycles. The van der Waals surface area contributed by atoms with Crippen LogP contribution in [0.5, 0.6) is 11.5 Å². The molecule has 0 unspecified atom stereocenters. The Kier molecular flexibility index (Phi) is 4.03. The molecule has 0 bridgehead atoms. The number of ether oxygens (including phenoxy) is 2. The molecule has 2 amide bonds. The topological polar surface area (TPSA) is 102 Å². The van der Waals surface area contributed by atoms with Crippen LogP contribution in [0.15, 0.2) is 47.4 Å². The van der Waals surface area contributed by atoms with Crippen molar-refractivity contribution in [1.29, 1.82) is 0 Å². The summed E-state index contributed by atoms with van der Waals surface area (Å²) < 4.78 is 36.8. The third-order valence-corrected chi connectivity index (χ3v) is 6.31. The van der Waals surface area contributed by atoms with E-state index in [1.54, 1.807) is 24.3 Å². The number of hydrogen-bond acceptors (Lipinski definition) is 6. The first-order valence-corrected chi connectivity index (χ1v) is 9.72.